The Labute approximate surface area is 115 Å². The van der Waals surface area contributed by atoms with Crippen molar-refractivity contribution in [1.29, 1.82) is 0 Å². The molecule has 0 aromatic heterocycles. The largest absolute Gasteiger partial charge is 0.487 e. The van der Waals surface area contributed by atoms with Crippen LogP contribution in [0.2, 0.25) is 0 Å². The Morgan fingerprint density at radius 3 is 2.74 bits per heavy atom. The van der Waals surface area contributed by atoms with Crippen molar-refractivity contribution in [1.82, 2.24) is 0 Å². The second-order valence-electron chi connectivity index (χ2n) is 6.44. The molecule has 2 heterocycles. The molecule has 0 bridgehead atoms. The summed E-state index contributed by atoms with van der Waals surface area (Å²) in [7, 11) is 0. The van der Waals surface area contributed by atoms with Gasteiger partial charge in [0.2, 0.25) is 0 Å². The van der Waals surface area contributed by atoms with Gasteiger partial charge in [-0.15, -0.1) is 6.58 Å². The quantitative estimate of drug-likeness (QED) is 0.700. The van der Waals surface area contributed by atoms with E-state index in [9.17, 15) is 0 Å². The van der Waals surface area contributed by atoms with Crippen molar-refractivity contribution in [3.05, 3.63) is 42.5 Å². The molecule has 2 nitrogen and oxygen atoms in total. The molecule has 2 aliphatic heterocycles. The first-order valence-electron chi connectivity index (χ1n) is 7.04. The lowest BCUT2D eigenvalue weighted by Crippen LogP contribution is -2.50. The fraction of sp³-hybridized carbons (Fsp3) is 0.529. The lowest BCUT2D eigenvalue weighted by molar-refractivity contribution is -0.172. The highest BCUT2D eigenvalue weighted by Gasteiger charge is 2.49. The molecule has 1 aromatic carbocycles. The first-order chi connectivity index (χ1) is 8.95. The zero-order chi connectivity index (χ0) is 13.7. The van der Waals surface area contributed by atoms with E-state index in [1.807, 2.05) is 18.2 Å². The molecular weight excluding hydrogens is 236 g/mol. The second-order valence-corrected chi connectivity index (χ2v) is 6.44. The minimum atomic E-state index is -0.221. The van der Waals surface area contributed by atoms with Gasteiger partial charge in [-0.1, -0.05) is 24.3 Å². The molecule has 1 aromatic rings. The van der Waals surface area contributed by atoms with Crippen LogP contribution >= 0.6 is 0 Å². The molecule has 0 N–H and O–H groups in total. The summed E-state index contributed by atoms with van der Waals surface area (Å²) in [4.78, 5) is 0. The van der Waals surface area contributed by atoms with Gasteiger partial charge in [-0.25, -0.2) is 0 Å². The maximum Gasteiger partial charge on any atom is 0.125 e. The van der Waals surface area contributed by atoms with E-state index in [0.29, 0.717) is 5.92 Å². The molecule has 2 aliphatic rings. The molecule has 0 spiro atoms. The molecule has 3 rings (SSSR count). The van der Waals surface area contributed by atoms with Crippen LogP contribution in [-0.4, -0.2) is 11.2 Å². The van der Waals surface area contributed by atoms with E-state index in [2.05, 4.69) is 39.5 Å². The predicted octanol–water partition coefficient (Wildman–Crippen LogP) is 4.27. The van der Waals surface area contributed by atoms with Crippen LogP contribution in [0.5, 0.6) is 5.75 Å². The van der Waals surface area contributed by atoms with Gasteiger partial charge in [0.25, 0.3) is 0 Å². The van der Waals surface area contributed by atoms with Crippen molar-refractivity contribution in [2.24, 2.45) is 5.92 Å². The van der Waals surface area contributed by atoms with Crippen LogP contribution in [0.25, 0.3) is 0 Å². The van der Waals surface area contributed by atoms with E-state index in [4.69, 9.17) is 9.47 Å². The van der Waals surface area contributed by atoms with Crippen LogP contribution in [-0.2, 0) is 4.74 Å². The predicted molar refractivity (Wildman–Crippen MR) is 76.3 cm³/mol. The molecule has 102 valence electrons. The van der Waals surface area contributed by atoms with Gasteiger partial charge in [0.1, 0.15) is 11.4 Å². The highest BCUT2D eigenvalue weighted by molar-refractivity contribution is 5.39. The number of benzene rings is 1. The molecule has 0 amide bonds. The summed E-state index contributed by atoms with van der Waals surface area (Å²) < 4.78 is 12.6. The van der Waals surface area contributed by atoms with E-state index in [0.717, 1.165) is 18.6 Å². The average Bonchev–Trinajstić information content (AvgIpc) is 2.38. The van der Waals surface area contributed by atoms with Crippen LogP contribution < -0.4 is 4.74 Å². The van der Waals surface area contributed by atoms with Crippen LogP contribution in [0.3, 0.4) is 0 Å². The zero-order valence-corrected chi connectivity index (χ0v) is 12.0. The van der Waals surface area contributed by atoms with E-state index in [1.165, 1.54) is 5.56 Å². The summed E-state index contributed by atoms with van der Waals surface area (Å²) in [6.07, 6.45) is 4.16. The summed E-state index contributed by atoms with van der Waals surface area (Å²) in [6, 6.07) is 8.24. The van der Waals surface area contributed by atoms with Crippen molar-refractivity contribution in [2.45, 2.75) is 50.9 Å². The molecular formula is C17H22O2. The maximum atomic E-state index is 6.39. The van der Waals surface area contributed by atoms with E-state index < -0.39 is 0 Å². The third kappa shape index (κ3) is 1.99. The summed E-state index contributed by atoms with van der Waals surface area (Å²) in [5.41, 5.74) is 0.781. The van der Waals surface area contributed by atoms with E-state index in [1.54, 1.807) is 0 Å². The van der Waals surface area contributed by atoms with Crippen LogP contribution in [0.15, 0.2) is 36.9 Å². The Kier molecular flexibility index (Phi) is 2.75. The molecule has 3 atom stereocenters. The first kappa shape index (κ1) is 12.7. The molecule has 0 aliphatic carbocycles. The lowest BCUT2D eigenvalue weighted by Gasteiger charge is -2.51. The lowest BCUT2D eigenvalue weighted by atomic mass is 9.73. The minimum Gasteiger partial charge on any atom is -0.487 e. The average molecular weight is 258 g/mol. The molecule has 0 saturated carbocycles. The smallest absolute Gasteiger partial charge is 0.125 e. The Morgan fingerprint density at radius 1 is 1.26 bits per heavy atom. The van der Waals surface area contributed by atoms with Crippen molar-refractivity contribution >= 4 is 0 Å². The normalized spacial score (nSPS) is 35.7. The third-order valence-corrected chi connectivity index (χ3v) is 4.64. The summed E-state index contributed by atoms with van der Waals surface area (Å²) >= 11 is 0. The van der Waals surface area contributed by atoms with E-state index >= 15 is 0 Å². The number of hydrogen-bond donors (Lipinski definition) is 0. The van der Waals surface area contributed by atoms with Gasteiger partial charge in [0.15, 0.2) is 0 Å². The third-order valence-electron chi connectivity index (χ3n) is 4.64. The van der Waals surface area contributed by atoms with Gasteiger partial charge in [0.05, 0.1) is 11.7 Å². The zero-order valence-electron chi connectivity index (χ0n) is 12.0. The highest BCUT2D eigenvalue weighted by atomic mass is 16.5. The second kappa shape index (κ2) is 4.11. The number of para-hydroxylation sites is 1. The molecule has 19 heavy (non-hydrogen) atoms. The van der Waals surface area contributed by atoms with Crippen molar-refractivity contribution in [3.8, 4) is 5.75 Å². The molecule has 0 radical (unpaired) electrons. The van der Waals surface area contributed by atoms with Gasteiger partial charge in [-0.05, 0) is 39.7 Å². The standard InChI is InChI=1S/C17H22O2/c1-5-17(4)11-10-13-15(19-17)12-8-6-7-9-14(12)18-16(13,2)3/h5-9,13,15H,1,10-11H2,2-4H3/t13-,15-,17-/m0/s1. The number of fused-ring (bicyclic) bond motifs is 3. The highest BCUT2D eigenvalue weighted by Crippen LogP contribution is 2.52. The molecule has 1 fully saturated rings. The SMILES string of the molecule is C=C[C@@]1(C)CC[C@H]2[C@@H](O1)c1ccccc1OC2(C)C. The molecule has 1 saturated heterocycles. The van der Waals surface area contributed by atoms with Gasteiger partial charge in [-0.3, -0.25) is 0 Å². The van der Waals surface area contributed by atoms with Crippen molar-refractivity contribution in [2.75, 3.05) is 0 Å². The van der Waals surface area contributed by atoms with Gasteiger partial charge >= 0.3 is 0 Å². The number of ether oxygens (including phenoxy) is 2. The van der Waals surface area contributed by atoms with E-state index in [-0.39, 0.29) is 17.3 Å². The van der Waals surface area contributed by atoms with Gasteiger partial charge < -0.3 is 9.47 Å². The van der Waals surface area contributed by atoms with Crippen molar-refractivity contribution in [3.63, 3.8) is 0 Å². The molecule has 0 unspecified atom stereocenters. The number of hydrogen-bond acceptors (Lipinski definition) is 2. The van der Waals surface area contributed by atoms with Crippen molar-refractivity contribution < 1.29 is 9.47 Å². The topological polar surface area (TPSA) is 18.5 Å². The van der Waals surface area contributed by atoms with Crippen LogP contribution in [0, 0.1) is 5.92 Å². The summed E-state index contributed by atoms with van der Waals surface area (Å²) in [5.74, 6) is 1.36. The number of rotatable bonds is 1. The first-order valence-corrected chi connectivity index (χ1v) is 7.04. The Bertz CT molecular complexity index is 506. The minimum absolute atomic E-state index is 0.108. The van der Waals surface area contributed by atoms with Crippen LogP contribution in [0.1, 0.15) is 45.3 Å². The maximum absolute atomic E-state index is 6.39. The summed E-state index contributed by atoms with van der Waals surface area (Å²) in [6.45, 7) is 10.4. The Balaban J connectivity index is 2.05. The monoisotopic (exact) mass is 258 g/mol. The van der Waals surface area contributed by atoms with Crippen LogP contribution in [0.4, 0.5) is 0 Å². The molecule has 2 heteroatoms. The van der Waals surface area contributed by atoms with Gasteiger partial charge in [0, 0.05) is 11.5 Å². The Hall–Kier alpha value is -1.28. The summed E-state index contributed by atoms with van der Waals surface area (Å²) in [5, 5.41) is 0. The fourth-order valence-corrected chi connectivity index (χ4v) is 3.33. The fourth-order valence-electron chi connectivity index (χ4n) is 3.33. The van der Waals surface area contributed by atoms with Gasteiger partial charge in [-0.2, -0.15) is 0 Å². The Morgan fingerprint density at radius 2 is 2.00 bits per heavy atom.